The molecule has 3 heteroatoms. The van der Waals surface area contributed by atoms with Crippen molar-refractivity contribution in [2.75, 3.05) is 5.32 Å². The fourth-order valence-electron chi connectivity index (χ4n) is 2.21. The van der Waals surface area contributed by atoms with Crippen LogP contribution in [0.4, 0.5) is 11.4 Å². The molecule has 0 unspecified atom stereocenters. The Bertz CT molecular complexity index is 605. The number of nitrogens with one attached hydrogen (secondary N) is 1. The van der Waals surface area contributed by atoms with Gasteiger partial charge in [-0.2, -0.15) is 0 Å². The smallest absolute Gasteiger partial charge is 0.337 e. The van der Waals surface area contributed by atoms with Crippen molar-refractivity contribution in [3.05, 3.63) is 59.2 Å². The van der Waals surface area contributed by atoms with Gasteiger partial charge in [0.1, 0.15) is 0 Å². The monoisotopic (exact) mass is 225 g/mol. The zero-order valence-electron chi connectivity index (χ0n) is 9.10. The Hall–Kier alpha value is -2.29. The first-order valence-electron chi connectivity index (χ1n) is 5.46. The van der Waals surface area contributed by atoms with Crippen molar-refractivity contribution in [3.63, 3.8) is 0 Å². The van der Waals surface area contributed by atoms with Crippen molar-refractivity contribution in [1.82, 2.24) is 0 Å². The van der Waals surface area contributed by atoms with Crippen LogP contribution in [0.1, 0.15) is 21.5 Å². The lowest BCUT2D eigenvalue weighted by atomic mass is 9.95. The molecule has 1 heterocycles. The molecule has 0 saturated carbocycles. The van der Waals surface area contributed by atoms with E-state index in [2.05, 4.69) is 11.4 Å². The third kappa shape index (κ3) is 1.56. The summed E-state index contributed by atoms with van der Waals surface area (Å²) in [6.45, 7) is 0. The predicted molar refractivity (Wildman–Crippen MR) is 65.9 cm³/mol. The maximum absolute atomic E-state index is 11.1. The fraction of sp³-hybridized carbons (Fsp3) is 0.0714. The maximum Gasteiger partial charge on any atom is 0.337 e. The highest BCUT2D eigenvalue weighted by atomic mass is 16.4. The molecule has 0 aliphatic carbocycles. The van der Waals surface area contributed by atoms with Gasteiger partial charge in [0.15, 0.2) is 0 Å². The number of hydrogen-bond acceptors (Lipinski definition) is 2. The first-order valence-corrected chi connectivity index (χ1v) is 5.46. The molecule has 1 aliphatic heterocycles. The number of fused-ring (bicyclic) bond motifs is 2. The van der Waals surface area contributed by atoms with Crippen molar-refractivity contribution < 1.29 is 9.90 Å². The molecule has 3 rings (SSSR count). The van der Waals surface area contributed by atoms with Crippen LogP contribution >= 0.6 is 0 Å². The molecule has 2 N–H and O–H groups in total. The van der Waals surface area contributed by atoms with Crippen LogP contribution in [0, 0.1) is 0 Å². The highest BCUT2D eigenvalue weighted by molar-refractivity contribution is 5.97. The quantitative estimate of drug-likeness (QED) is 0.669. The first-order chi connectivity index (χ1) is 8.25. The molecule has 84 valence electrons. The standard InChI is InChI=1S/C14H11NO2/c16-14(17)11-6-3-5-10-8-9-4-1-2-7-12(9)15-13(10)11/h1-7,15H,8H2,(H,16,17). The van der Waals surface area contributed by atoms with E-state index in [0.29, 0.717) is 5.56 Å². The zero-order chi connectivity index (χ0) is 11.8. The summed E-state index contributed by atoms with van der Waals surface area (Å²) < 4.78 is 0. The van der Waals surface area contributed by atoms with Gasteiger partial charge < -0.3 is 10.4 Å². The number of anilines is 2. The molecule has 3 nitrogen and oxygen atoms in total. The average Bonchev–Trinajstić information content (AvgIpc) is 2.35. The molecule has 0 radical (unpaired) electrons. The molecule has 0 bridgehead atoms. The van der Waals surface area contributed by atoms with Crippen molar-refractivity contribution in [3.8, 4) is 0 Å². The van der Waals surface area contributed by atoms with E-state index in [9.17, 15) is 4.79 Å². The Morgan fingerprint density at radius 3 is 2.65 bits per heavy atom. The Kier molecular flexibility index (Phi) is 2.11. The number of hydrogen-bond donors (Lipinski definition) is 2. The van der Waals surface area contributed by atoms with E-state index in [0.717, 1.165) is 23.4 Å². The minimum absolute atomic E-state index is 0.331. The highest BCUT2D eigenvalue weighted by Gasteiger charge is 2.19. The van der Waals surface area contributed by atoms with E-state index in [1.54, 1.807) is 12.1 Å². The van der Waals surface area contributed by atoms with Gasteiger partial charge >= 0.3 is 5.97 Å². The summed E-state index contributed by atoms with van der Waals surface area (Å²) in [5, 5.41) is 12.4. The largest absolute Gasteiger partial charge is 0.478 e. The summed E-state index contributed by atoms with van der Waals surface area (Å²) in [7, 11) is 0. The summed E-state index contributed by atoms with van der Waals surface area (Å²) in [5.41, 5.74) is 4.27. The molecule has 2 aromatic carbocycles. The van der Waals surface area contributed by atoms with Crippen LogP contribution in [-0.2, 0) is 6.42 Å². The number of para-hydroxylation sites is 2. The number of aromatic carboxylic acids is 1. The van der Waals surface area contributed by atoms with Gasteiger partial charge in [-0.25, -0.2) is 4.79 Å². The molecule has 0 amide bonds. The van der Waals surface area contributed by atoms with Crippen molar-refractivity contribution in [1.29, 1.82) is 0 Å². The Labute approximate surface area is 98.7 Å². The molecule has 0 spiro atoms. The first kappa shape index (κ1) is 9.90. The lowest BCUT2D eigenvalue weighted by Crippen LogP contribution is -2.11. The second-order valence-electron chi connectivity index (χ2n) is 4.10. The molecule has 0 saturated heterocycles. The molecule has 2 aromatic rings. The van der Waals surface area contributed by atoms with Gasteiger partial charge in [0.2, 0.25) is 0 Å². The van der Waals surface area contributed by atoms with E-state index in [4.69, 9.17) is 5.11 Å². The van der Waals surface area contributed by atoms with Gasteiger partial charge in [-0.15, -0.1) is 0 Å². The molecule has 0 aromatic heterocycles. The second-order valence-corrected chi connectivity index (χ2v) is 4.10. The van der Waals surface area contributed by atoms with Gasteiger partial charge in [-0.05, 0) is 23.3 Å². The minimum Gasteiger partial charge on any atom is -0.478 e. The van der Waals surface area contributed by atoms with Crippen molar-refractivity contribution in [2.45, 2.75) is 6.42 Å². The lowest BCUT2D eigenvalue weighted by Gasteiger charge is -2.22. The molecule has 17 heavy (non-hydrogen) atoms. The minimum atomic E-state index is -0.895. The van der Waals surface area contributed by atoms with Crippen LogP contribution in [0.25, 0.3) is 0 Å². The molecular weight excluding hydrogens is 214 g/mol. The topological polar surface area (TPSA) is 49.3 Å². The van der Waals surface area contributed by atoms with Crippen LogP contribution in [0.3, 0.4) is 0 Å². The molecular formula is C14H11NO2. The summed E-state index contributed by atoms with van der Waals surface area (Å²) in [6.07, 6.45) is 0.777. The number of carboxylic acids is 1. The normalized spacial score (nSPS) is 12.2. The summed E-state index contributed by atoms with van der Waals surface area (Å²) >= 11 is 0. The summed E-state index contributed by atoms with van der Waals surface area (Å²) in [6, 6.07) is 13.3. The second kappa shape index (κ2) is 3.63. The lowest BCUT2D eigenvalue weighted by molar-refractivity contribution is 0.0698. The van der Waals surface area contributed by atoms with Gasteiger partial charge in [-0.1, -0.05) is 30.3 Å². The van der Waals surface area contributed by atoms with E-state index in [-0.39, 0.29) is 0 Å². The van der Waals surface area contributed by atoms with Crippen LogP contribution in [0.15, 0.2) is 42.5 Å². The molecule has 0 atom stereocenters. The summed E-state index contributed by atoms with van der Waals surface area (Å²) in [5.74, 6) is -0.895. The predicted octanol–water partition coefficient (Wildman–Crippen LogP) is 3.03. The van der Waals surface area contributed by atoms with Gasteiger partial charge in [-0.3, -0.25) is 0 Å². The Morgan fingerprint density at radius 1 is 1.06 bits per heavy atom. The van der Waals surface area contributed by atoms with E-state index in [1.807, 2.05) is 24.3 Å². The number of carboxylic acid groups (broad SMARTS) is 1. The van der Waals surface area contributed by atoms with E-state index < -0.39 is 5.97 Å². The van der Waals surface area contributed by atoms with E-state index in [1.165, 1.54) is 5.56 Å². The van der Waals surface area contributed by atoms with Crippen LogP contribution < -0.4 is 5.32 Å². The maximum atomic E-state index is 11.1. The zero-order valence-corrected chi connectivity index (χ0v) is 9.10. The van der Waals surface area contributed by atoms with Crippen LogP contribution in [0.2, 0.25) is 0 Å². The SMILES string of the molecule is O=C(O)c1cccc2c1Nc1ccccc1C2. The van der Waals surface area contributed by atoms with Gasteiger partial charge in [0, 0.05) is 12.1 Å². The van der Waals surface area contributed by atoms with Crippen molar-refractivity contribution >= 4 is 17.3 Å². The Balaban J connectivity index is 2.15. The third-order valence-corrected chi connectivity index (χ3v) is 3.04. The average molecular weight is 225 g/mol. The van der Waals surface area contributed by atoms with Crippen molar-refractivity contribution in [2.24, 2.45) is 0 Å². The molecule has 1 aliphatic rings. The fourth-order valence-corrected chi connectivity index (χ4v) is 2.21. The molecule has 0 fully saturated rings. The number of rotatable bonds is 1. The highest BCUT2D eigenvalue weighted by Crippen LogP contribution is 2.34. The van der Waals surface area contributed by atoms with Gasteiger partial charge in [0.05, 0.1) is 11.3 Å². The third-order valence-electron chi connectivity index (χ3n) is 3.04. The number of carbonyl (C=O) groups is 1. The summed E-state index contributed by atoms with van der Waals surface area (Å²) in [4.78, 5) is 11.1. The number of benzene rings is 2. The van der Waals surface area contributed by atoms with Crippen LogP contribution in [0.5, 0.6) is 0 Å². The van der Waals surface area contributed by atoms with Crippen LogP contribution in [-0.4, -0.2) is 11.1 Å². The van der Waals surface area contributed by atoms with Gasteiger partial charge in [0.25, 0.3) is 0 Å². The Morgan fingerprint density at radius 2 is 1.82 bits per heavy atom. The van der Waals surface area contributed by atoms with E-state index >= 15 is 0 Å².